The van der Waals surface area contributed by atoms with E-state index in [1.807, 2.05) is 0 Å². The Kier molecular flexibility index (Phi) is 2.73. The van der Waals surface area contributed by atoms with Crippen molar-refractivity contribution in [3.63, 3.8) is 0 Å². The largest absolute Gasteiger partial charge is 0.298 e. The zero-order valence-electron chi connectivity index (χ0n) is 6.82. The molecule has 1 aromatic carbocycles. The van der Waals surface area contributed by atoms with Crippen LogP contribution in [0.25, 0.3) is 0 Å². The van der Waals surface area contributed by atoms with Gasteiger partial charge < -0.3 is 0 Å². The van der Waals surface area contributed by atoms with Crippen LogP contribution in [0.15, 0.2) is 23.1 Å². The molecule has 5 heteroatoms. The molecule has 0 radical (unpaired) electrons. The third-order valence-electron chi connectivity index (χ3n) is 1.66. The summed E-state index contributed by atoms with van der Waals surface area (Å²) in [5.74, 6) is 0. The van der Waals surface area contributed by atoms with Gasteiger partial charge in [-0.15, -0.1) is 0 Å². The lowest BCUT2D eigenvalue weighted by atomic mass is 10.1. The Hall–Kier alpha value is -0.870. The summed E-state index contributed by atoms with van der Waals surface area (Å²) in [7, 11) is 1.36. The summed E-state index contributed by atoms with van der Waals surface area (Å²) < 4.78 is 21.7. The van der Waals surface area contributed by atoms with E-state index in [2.05, 4.69) is 0 Å². The number of aryl methyl sites for hydroxylation is 1. The van der Waals surface area contributed by atoms with E-state index in [0.717, 1.165) is 5.56 Å². The molecule has 0 saturated carbocycles. The maximum atomic E-state index is 10.9. The van der Waals surface area contributed by atoms with Crippen molar-refractivity contribution in [1.29, 1.82) is 0 Å². The molecule has 70 valence electrons. The number of carbonyl (C=O) groups is 1. The number of aldehydes is 1. The normalized spacial score (nSPS) is 11.2. The molecule has 0 aliphatic rings. The minimum atomic E-state index is -3.74. The Morgan fingerprint density at radius 1 is 1.38 bits per heavy atom. The Morgan fingerprint density at radius 2 is 2.00 bits per heavy atom. The summed E-state index contributed by atoms with van der Waals surface area (Å²) >= 11 is 0. The van der Waals surface area contributed by atoms with Gasteiger partial charge in [0, 0.05) is 16.2 Å². The van der Waals surface area contributed by atoms with Crippen LogP contribution in [-0.2, 0) is 9.05 Å². The average Bonchev–Trinajstić information content (AvgIpc) is 2.03. The summed E-state index contributed by atoms with van der Waals surface area (Å²) in [6.45, 7) is 1.72. The molecule has 0 bridgehead atoms. The molecule has 0 aromatic heterocycles. The molecule has 13 heavy (non-hydrogen) atoms. The van der Waals surface area contributed by atoms with Crippen LogP contribution in [0.4, 0.5) is 0 Å². The highest BCUT2D eigenvalue weighted by molar-refractivity contribution is 8.13. The van der Waals surface area contributed by atoms with Crippen LogP contribution in [0.3, 0.4) is 0 Å². The van der Waals surface area contributed by atoms with Gasteiger partial charge in [0.15, 0.2) is 0 Å². The Balaban J connectivity index is 3.38. The SMILES string of the molecule is Cc1ccc(S(=O)(=O)Cl)cc1C=O. The lowest BCUT2D eigenvalue weighted by molar-refractivity contribution is 0.112. The molecule has 0 saturated heterocycles. The third-order valence-corrected chi connectivity index (χ3v) is 3.01. The lowest BCUT2D eigenvalue weighted by Crippen LogP contribution is -1.94. The molecule has 0 aliphatic carbocycles. The van der Waals surface area contributed by atoms with Crippen molar-refractivity contribution in [3.05, 3.63) is 29.3 Å². The van der Waals surface area contributed by atoms with Crippen LogP contribution < -0.4 is 0 Å². The van der Waals surface area contributed by atoms with E-state index in [9.17, 15) is 13.2 Å². The standard InChI is InChI=1S/C8H7ClO3S/c1-6-2-3-8(13(9,11)12)4-7(6)5-10/h2-5H,1H3. The van der Waals surface area contributed by atoms with Crippen LogP contribution in [0.1, 0.15) is 15.9 Å². The van der Waals surface area contributed by atoms with Crippen molar-refractivity contribution >= 4 is 26.0 Å². The molecule has 1 aromatic rings. The molecule has 0 aliphatic heterocycles. The van der Waals surface area contributed by atoms with Gasteiger partial charge >= 0.3 is 0 Å². The molecule has 0 unspecified atom stereocenters. The zero-order chi connectivity index (χ0) is 10.1. The van der Waals surface area contributed by atoms with E-state index >= 15 is 0 Å². The molecule has 0 atom stereocenters. The van der Waals surface area contributed by atoms with Crippen LogP contribution in [-0.4, -0.2) is 14.7 Å². The Labute approximate surface area is 80.8 Å². The quantitative estimate of drug-likeness (QED) is 0.561. The smallest absolute Gasteiger partial charge is 0.261 e. The van der Waals surface area contributed by atoms with Crippen LogP contribution >= 0.6 is 10.7 Å². The van der Waals surface area contributed by atoms with E-state index in [0.29, 0.717) is 11.8 Å². The summed E-state index contributed by atoms with van der Waals surface area (Å²) in [4.78, 5) is 10.4. The fraction of sp³-hybridized carbons (Fsp3) is 0.125. The molecule has 0 N–H and O–H groups in total. The number of rotatable bonds is 2. The first-order valence-corrected chi connectivity index (χ1v) is 5.76. The van der Waals surface area contributed by atoms with Gasteiger partial charge in [-0.1, -0.05) is 6.07 Å². The maximum Gasteiger partial charge on any atom is 0.261 e. The van der Waals surface area contributed by atoms with E-state index in [-0.39, 0.29) is 4.90 Å². The first kappa shape index (κ1) is 10.2. The van der Waals surface area contributed by atoms with Crippen molar-refractivity contribution < 1.29 is 13.2 Å². The van der Waals surface area contributed by atoms with Crippen molar-refractivity contribution in [3.8, 4) is 0 Å². The summed E-state index contributed by atoms with van der Waals surface area (Å²) in [6, 6.07) is 4.16. The molecule has 1 rings (SSSR count). The second-order valence-corrected chi connectivity index (χ2v) is 5.14. The fourth-order valence-corrected chi connectivity index (χ4v) is 1.68. The molecule has 3 nitrogen and oxygen atoms in total. The minimum Gasteiger partial charge on any atom is -0.298 e. The zero-order valence-corrected chi connectivity index (χ0v) is 8.39. The Morgan fingerprint density at radius 3 is 2.46 bits per heavy atom. The second-order valence-electron chi connectivity index (χ2n) is 2.57. The number of carbonyl (C=O) groups excluding carboxylic acids is 1. The lowest BCUT2D eigenvalue weighted by Gasteiger charge is -2.00. The monoisotopic (exact) mass is 218 g/mol. The van der Waals surface area contributed by atoms with E-state index < -0.39 is 9.05 Å². The third kappa shape index (κ3) is 2.29. The van der Waals surface area contributed by atoms with Gasteiger partial charge in [-0.05, 0) is 24.6 Å². The molecule has 0 heterocycles. The van der Waals surface area contributed by atoms with Gasteiger partial charge in [0.2, 0.25) is 0 Å². The van der Waals surface area contributed by atoms with Crippen molar-refractivity contribution in [1.82, 2.24) is 0 Å². The first-order chi connectivity index (χ1) is 5.95. The highest BCUT2D eigenvalue weighted by Crippen LogP contribution is 2.17. The van der Waals surface area contributed by atoms with Crippen molar-refractivity contribution in [2.45, 2.75) is 11.8 Å². The van der Waals surface area contributed by atoms with Gasteiger partial charge in [-0.25, -0.2) is 8.42 Å². The number of hydrogen-bond acceptors (Lipinski definition) is 3. The number of halogens is 1. The topological polar surface area (TPSA) is 51.2 Å². The maximum absolute atomic E-state index is 10.9. The summed E-state index contributed by atoms with van der Waals surface area (Å²) in [5, 5.41) is 0. The first-order valence-electron chi connectivity index (χ1n) is 3.45. The van der Waals surface area contributed by atoms with E-state index in [4.69, 9.17) is 10.7 Å². The van der Waals surface area contributed by atoms with E-state index in [1.165, 1.54) is 12.1 Å². The molecule has 0 spiro atoms. The minimum absolute atomic E-state index is 0.0538. The highest BCUT2D eigenvalue weighted by atomic mass is 35.7. The van der Waals surface area contributed by atoms with Gasteiger partial charge in [0.05, 0.1) is 4.90 Å². The highest BCUT2D eigenvalue weighted by Gasteiger charge is 2.10. The van der Waals surface area contributed by atoms with Gasteiger partial charge in [-0.2, -0.15) is 0 Å². The average molecular weight is 219 g/mol. The second kappa shape index (κ2) is 3.47. The van der Waals surface area contributed by atoms with Crippen LogP contribution in [0, 0.1) is 6.92 Å². The van der Waals surface area contributed by atoms with Gasteiger partial charge in [-0.3, -0.25) is 4.79 Å². The molecule has 0 amide bonds. The summed E-state index contributed by atoms with van der Waals surface area (Å²) in [5.41, 5.74) is 1.06. The predicted molar refractivity (Wildman–Crippen MR) is 49.6 cm³/mol. The molecular weight excluding hydrogens is 212 g/mol. The van der Waals surface area contributed by atoms with Crippen molar-refractivity contribution in [2.75, 3.05) is 0 Å². The Bertz CT molecular complexity index is 437. The molecular formula is C8H7ClO3S. The number of hydrogen-bond donors (Lipinski definition) is 0. The van der Waals surface area contributed by atoms with Gasteiger partial charge in [0.1, 0.15) is 6.29 Å². The summed E-state index contributed by atoms with van der Waals surface area (Å²) in [6.07, 6.45) is 0.598. The van der Waals surface area contributed by atoms with Crippen LogP contribution in [0.5, 0.6) is 0 Å². The van der Waals surface area contributed by atoms with Gasteiger partial charge in [0.25, 0.3) is 9.05 Å². The predicted octanol–water partition coefficient (Wildman–Crippen LogP) is 1.74. The fourth-order valence-electron chi connectivity index (χ4n) is 0.897. The molecule has 0 fully saturated rings. The van der Waals surface area contributed by atoms with Crippen LogP contribution in [0.2, 0.25) is 0 Å². The van der Waals surface area contributed by atoms with Crippen molar-refractivity contribution in [2.24, 2.45) is 0 Å². The number of benzene rings is 1. The van der Waals surface area contributed by atoms with E-state index in [1.54, 1.807) is 13.0 Å².